The number of carbonyl (C=O) groups is 1. The van der Waals surface area contributed by atoms with Gasteiger partial charge in [-0.3, -0.25) is 4.79 Å². The summed E-state index contributed by atoms with van der Waals surface area (Å²) in [4.78, 5) is 13.7. The van der Waals surface area contributed by atoms with E-state index in [1.165, 1.54) is 12.1 Å². The van der Waals surface area contributed by atoms with E-state index in [0.717, 1.165) is 5.69 Å². The molecular formula is C12H16FN3O. The van der Waals surface area contributed by atoms with Gasteiger partial charge in [0.2, 0.25) is 5.91 Å². The van der Waals surface area contributed by atoms with Crippen LogP contribution in [0.15, 0.2) is 24.3 Å². The SMILES string of the molecule is CC1CN(c2ccc(F)cc2)C(CN)C(=O)N1. The summed E-state index contributed by atoms with van der Waals surface area (Å²) in [6.07, 6.45) is 0. The van der Waals surface area contributed by atoms with Crippen molar-refractivity contribution in [2.45, 2.75) is 19.0 Å². The lowest BCUT2D eigenvalue weighted by molar-refractivity contribution is -0.123. The molecule has 0 radical (unpaired) electrons. The first-order chi connectivity index (χ1) is 8.11. The number of rotatable bonds is 2. The number of amides is 1. The van der Waals surface area contributed by atoms with Crippen molar-refractivity contribution in [2.24, 2.45) is 5.73 Å². The van der Waals surface area contributed by atoms with Crippen LogP contribution in [0.3, 0.4) is 0 Å². The Balaban J connectivity index is 2.27. The van der Waals surface area contributed by atoms with Crippen LogP contribution in [0.2, 0.25) is 0 Å². The van der Waals surface area contributed by atoms with Crippen LogP contribution in [-0.2, 0) is 4.79 Å². The van der Waals surface area contributed by atoms with Crippen LogP contribution in [0, 0.1) is 5.82 Å². The number of nitrogens with zero attached hydrogens (tertiary/aromatic N) is 1. The van der Waals surface area contributed by atoms with Crippen molar-refractivity contribution in [1.82, 2.24) is 5.32 Å². The van der Waals surface area contributed by atoms with Gasteiger partial charge in [-0.25, -0.2) is 4.39 Å². The minimum atomic E-state index is -0.378. The average Bonchev–Trinajstić information content (AvgIpc) is 2.29. The van der Waals surface area contributed by atoms with Gasteiger partial charge in [0.05, 0.1) is 0 Å². The Morgan fingerprint density at radius 2 is 2.12 bits per heavy atom. The van der Waals surface area contributed by atoms with Crippen LogP contribution < -0.4 is 16.0 Å². The number of nitrogens with two attached hydrogens (primary N) is 1. The van der Waals surface area contributed by atoms with E-state index in [-0.39, 0.29) is 30.4 Å². The van der Waals surface area contributed by atoms with E-state index in [0.29, 0.717) is 6.54 Å². The molecule has 1 heterocycles. The third kappa shape index (κ3) is 2.39. The highest BCUT2D eigenvalue weighted by Gasteiger charge is 2.31. The Bertz CT molecular complexity index is 407. The Morgan fingerprint density at radius 3 is 2.71 bits per heavy atom. The van der Waals surface area contributed by atoms with Crippen LogP contribution in [0.1, 0.15) is 6.92 Å². The van der Waals surface area contributed by atoms with Crippen molar-refractivity contribution < 1.29 is 9.18 Å². The van der Waals surface area contributed by atoms with Gasteiger partial charge in [0.1, 0.15) is 11.9 Å². The number of anilines is 1. The molecule has 2 unspecified atom stereocenters. The molecule has 5 heteroatoms. The lowest BCUT2D eigenvalue weighted by atomic mass is 10.1. The fraction of sp³-hybridized carbons (Fsp3) is 0.417. The molecule has 1 amide bonds. The first-order valence-corrected chi connectivity index (χ1v) is 5.64. The zero-order valence-corrected chi connectivity index (χ0v) is 9.69. The summed E-state index contributed by atoms with van der Waals surface area (Å²) < 4.78 is 12.9. The molecule has 0 aromatic heterocycles. The van der Waals surface area contributed by atoms with Crippen molar-refractivity contribution in [3.63, 3.8) is 0 Å². The van der Waals surface area contributed by atoms with E-state index >= 15 is 0 Å². The number of hydrogen-bond donors (Lipinski definition) is 2. The smallest absolute Gasteiger partial charge is 0.244 e. The van der Waals surface area contributed by atoms with Gasteiger partial charge in [-0.15, -0.1) is 0 Å². The fourth-order valence-corrected chi connectivity index (χ4v) is 2.10. The minimum absolute atomic E-state index is 0.0651. The Hall–Kier alpha value is -1.62. The molecule has 2 rings (SSSR count). The highest BCUT2D eigenvalue weighted by atomic mass is 19.1. The molecule has 1 aliphatic rings. The standard InChI is InChI=1S/C12H16FN3O/c1-8-7-16(11(6-14)12(17)15-8)10-4-2-9(13)3-5-10/h2-5,8,11H,6-7,14H2,1H3,(H,15,17). The quantitative estimate of drug-likeness (QED) is 0.786. The molecule has 4 nitrogen and oxygen atoms in total. The molecule has 2 atom stereocenters. The van der Waals surface area contributed by atoms with Crippen LogP contribution >= 0.6 is 0 Å². The summed E-state index contributed by atoms with van der Waals surface area (Å²) in [6, 6.07) is 5.80. The van der Waals surface area contributed by atoms with E-state index in [1.54, 1.807) is 12.1 Å². The zero-order valence-electron chi connectivity index (χ0n) is 9.69. The largest absolute Gasteiger partial charge is 0.356 e. The van der Waals surface area contributed by atoms with Crippen molar-refractivity contribution in [2.75, 3.05) is 18.0 Å². The van der Waals surface area contributed by atoms with Crippen molar-refractivity contribution in [1.29, 1.82) is 0 Å². The van der Waals surface area contributed by atoms with Crippen LogP contribution in [0.5, 0.6) is 0 Å². The summed E-state index contributed by atoms with van der Waals surface area (Å²) in [5.41, 5.74) is 6.44. The van der Waals surface area contributed by atoms with Gasteiger partial charge >= 0.3 is 0 Å². The third-order valence-electron chi connectivity index (χ3n) is 2.92. The molecule has 1 aromatic rings. The van der Waals surface area contributed by atoms with Gasteiger partial charge in [0.25, 0.3) is 0 Å². The lowest BCUT2D eigenvalue weighted by Crippen LogP contribution is -2.61. The van der Waals surface area contributed by atoms with Gasteiger partial charge < -0.3 is 16.0 Å². The molecule has 3 N–H and O–H groups in total. The van der Waals surface area contributed by atoms with Crippen molar-refractivity contribution in [3.05, 3.63) is 30.1 Å². The maximum atomic E-state index is 12.9. The highest BCUT2D eigenvalue weighted by Crippen LogP contribution is 2.20. The average molecular weight is 237 g/mol. The van der Waals surface area contributed by atoms with E-state index in [9.17, 15) is 9.18 Å². The zero-order chi connectivity index (χ0) is 12.4. The van der Waals surface area contributed by atoms with Gasteiger partial charge in [-0.2, -0.15) is 0 Å². The van der Waals surface area contributed by atoms with Gasteiger partial charge in [-0.05, 0) is 31.2 Å². The molecule has 17 heavy (non-hydrogen) atoms. The number of benzene rings is 1. The topological polar surface area (TPSA) is 58.4 Å². The predicted octanol–water partition coefficient (Wildman–Crippen LogP) is 0.478. The predicted molar refractivity (Wildman–Crippen MR) is 64.2 cm³/mol. The Labute approximate surface area is 99.6 Å². The number of piperazine rings is 1. The molecular weight excluding hydrogens is 221 g/mol. The van der Waals surface area contributed by atoms with Crippen molar-refractivity contribution >= 4 is 11.6 Å². The van der Waals surface area contributed by atoms with E-state index in [1.807, 2.05) is 11.8 Å². The molecule has 0 spiro atoms. The second-order valence-electron chi connectivity index (χ2n) is 4.29. The fourth-order valence-electron chi connectivity index (χ4n) is 2.10. The van der Waals surface area contributed by atoms with Gasteiger partial charge in [-0.1, -0.05) is 0 Å². The van der Waals surface area contributed by atoms with Crippen LogP contribution in [0.25, 0.3) is 0 Å². The molecule has 1 aromatic carbocycles. The molecule has 1 fully saturated rings. The minimum Gasteiger partial charge on any atom is -0.356 e. The third-order valence-corrected chi connectivity index (χ3v) is 2.92. The molecule has 1 saturated heterocycles. The number of hydrogen-bond acceptors (Lipinski definition) is 3. The maximum Gasteiger partial charge on any atom is 0.244 e. The molecule has 0 aliphatic carbocycles. The second kappa shape index (κ2) is 4.71. The summed E-state index contributed by atoms with van der Waals surface area (Å²) in [6.45, 7) is 2.86. The second-order valence-corrected chi connectivity index (χ2v) is 4.29. The first kappa shape index (κ1) is 11.9. The lowest BCUT2D eigenvalue weighted by Gasteiger charge is -2.39. The summed E-state index contributed by atoms with van der Waals surface area (Å²) in [7, 11) is 0. The molecule has 92 valence electrons. The van der Waals surface area contributed by atoms with Crippen LogP contribution in [-0.4, -0.2) is 31.1 Å². The van der Waals surface area contributed by atoms with Crippen molar-refractivity contribution in [3.8, 4) is 0 Å². The van der Waals surface area contributed by atoms with Gasteiger partial charge in [0, 0.05) is 24.8 Å². The number of nitrogens with one attached hydrogen (secondary N) is 1. The molecule has 0 bridgehead atoms. The molecule has 1 aliphatic heterocycles. The Morgan fingerprint density at radius 1 is 1.47 bits per heavy atom. The highest BCUT2D eigenvalue weighted by molar-refractivity contribution is 5.87. The van der Waals surface area contributed by atoms with E-state index in [2.05, 4.69) is 5.32 Å². The first-order valence-electron chi connectivity index (χ1n) is 5.64. The Kier molecular flexibility index (Phi) is 3.28. The van der Waals surface area contributed by atoms with E-state index < -0.39 is 0 Å². The summed E-state index contributed by atoms with van der Waals surface area (Å²) in [5.74, 6) is -0.358. The normalized spacial score (nSPS) is 24.6. The number of carbonyl (C=O) groups excluding carboxylic acids is 1. The monoisotopic (exact) mass is 237 g/mol. The van der Waals surface area contributed by atoms with E-state index in [4.69, 9.17) is 5.73 Å². The van der Waals surface area contributed by atoms with Crippen LogP contribution in [0.4, 0.5) is 10.1 Å². The van der Waals surface area contributed by atoms with Gasteiger partial charge in [0.15, 0.2) is 0 Å². The summed E-state index contributed by atoms with van der Waals surface area (Å²) >= 11 is 0. The number of halogens is 1. The summed E-state index contributed by atoms with van der Waals surface area (Å²) in [5, 5.41) is 2.86. The maximum absolute atomic E-state index is 12.9. The molecule has 0 saturated carbocycles.